The van der Waals surface area contributed by atoms with Gasteiger partial charge in [-0.15, -0.1) is 0 Å². The van der Waals surface area contributed by atoms with Crippen LogP contribution in [0.2, 0.25) is 0 Å². The highest BCUT2D eigenvalue weighted by molar-refractivity contribution is 6.32. The van der Waals surface area contributed by atoms with E-state index in [1.807, 2.05) is 0 Å². The minimum Gasteiger partial charge on any atom is -0.365 e. The summed E-state index contributed by atoms with van der Waals surface area (Å²) in [5, 5.41) is 4.38. The molecule has 2 heterocycles. The molecule has 1 aliphatic carbocycles. The van der Waals surface area contributed by atoms with E-state index in [-0.39, 0.29) is 17.1 Å². The lowest BCUT2D eigenvalue weighted by atomic mass is 10.0. The van der Waals surface area contributed by atoms with Crippen LogP contribution in [0, 0.1) is 0 Å². The van der Waals surface area contributed by atoms with E-state index >= 15 is 0 Å². The highest BCUT2D eigenvalue weighted by atomic mass is 35.5. The molecule has 2 aliphatic rings. The number of rotatable bonds is 3. The van der Waals surface area contributed by atoms with Crippen molar-refractivity contribution in [2.24, 2.45) is 5.73 Å². The Balaban J connectivity index is 2.12. The maximum Gasteiger partial charge on any atom is 0.252 e. The molecule has 0 fully saturated rings. The summed E-state index contributed by atoms with van der Waals surface area (Å²) in [5.41, 5.74) is 7.34. The quantitative estimate of drug-likeness (QED) is 0.853. The molecule has 0 saturated heterocycles. The number of amides is 2. The predicted molar refractivity (Wildman–Crippen MR) is 82.9 cm³/mol. The number of nitrogens with two attached hydrogens (primary N) is 1. The summed E-state index contributed by atoms with van der Waals surface area (Å²) in [6, 6.07) is 0. The number of hydrogen-bond acceptors (Lipinski definition) is 3. The fraction of sp³-hybridized carbons (Fsp3) is 0.267. The summed E-state index contributed by atoms with van der Waals surface area (Å²) >= 11 is 5.89. The second-order valence-corrected chi connectivity index (χ2v) is 5.71. The lowest BCUT2D eigenvalue weighted by Crippen LogP contribution is -2.34. The summed E-state index contributed by atoms with van der Waals surface area (Å²) in [6.45, 7) is 1.23. The second-order valence-electron chi connectivity index (χ2n) is 5.31. The fourth-order valence-electron chi connectivity index (χ4n) is 2.73. The van der Waals surface area contributed by atoms with Gasteiger partial charge in [0.15, 0.2) is 0 Å². The first-order chi connectivity index (χ1) is 11.0. The fourth-order valence-corrected chi connectivity index (χ4v) is 2.92. The maximum absolute atomic E-state index is 13.6. The lowest BCUT2D eigenvalue weighted by molar-refractivity contribution is -0.119. The van der Waals surface area contributed by atoms with Gasteiger partial charge >= 0.3 is 0 Å². The minimum atomic E-state index is -0.635. The van der Waals surface area contributed by atoms with Crippen molar-refractivity contribution >= 4 is 29.5 Å². The van der Waals surface area contributed by atoms with Crippen LogP contribution in [0.3, 0.4) is 0 Å². The molecular formula is C15H14ClFN4O2. The zero-order chi connectivity index (χ0) is 16.6. The smallest absolute Gasteiger partial charge is 0.252 e. The van der Waals surface area contributed by atoms with Gasteiger partial charge in [-0.3, -0.25) is 14.3 Å². The van der Waals surface area contributed by atoms with Crippen LogP contribution in [-0.4, -0.2) is 33.5 Å². The summed E-state index contributed by atoms with van der Waals surface area (Å²) in [4.78, 5) is 24.4. The van der Waals surface area contributed by atoms with Gasteiger partial charge in [0.1, 0.15) is 11.5 Å². The van der Waals surface area contributed by atoms with E-state index in [1.54, 1.807) is 15.7 Å². The monoisotopic (exact) mass is 336 g/mol. The van der Waals surface area contributed by atoms with Crippen molar-refractivity contribution in [3.05, 3.63) is 46.0 Å². The molecule has 2 N–H and O–H groups in total. The van der Waals surface area contributed by atoms with Gasteiger partial charge in [0.2, 0.25) is 6.41 Å². The zero-order valence-corrected chi connectivity index (χ0v) is 12.9. The molecule has 6 nitrogen and oxygen atoms in total. The van der Waals surface area contributed by atoms with Crippen molar-refractivity contribution in [2.75, 3.05) is 6.54 Å². The Morgan fingerprint density at radius 1 is 1.43 bits per heavy atom. The number of carbonyl (C=O) groups is 2. The molecule has 23 heavy (non-hydrogen) atoms. The first-order valence-corrected chi connectivity index (χ1v) is 7.40. The van der Waals surface area contributed by atoms with Crippen LogP contribution in [0.15, 0.2) is 29.1 Å². The number of allylic oxidation sites excluding steroid dienone is 6. The van der Waals surface area contributed by atoms with E-state index in [1.165, 1.54) is 12.2 Å². The average Bonchev–Trinajstić information content (AvgIpc) is 2.83. The molecule has 120 valence electrons. The standard InChI is InChI=1S/C15H14ClFN4O2/c16-10-6-9(2-1-3-11(10)17)14-13(15(18)23)12-7-20(8-22)4-5-21(12)19-14/h1,3,6,8H,2,4-5,7H2,(H2,18,23). The van der Waals surface area contributed by atoms with Crippen molar-refractivity contribution in [1.82, 2.24) is 14.7 Å². The molecule has 0 aromatic carbocycles. The van der Waals surface area contributed by atoms with E-state index < -0.39 is 11.7 Å². The van der Waals surface area contributed by atoms with Gasteiger partial charge in [-0.1, -0.05) is 17.7 Å². The summed E-state index contributed by atoms with van der Waals surface area (Å²) in [7, 11) is 0. The van der Waals surface area contributed by atoms with Gasteiger partial charge < -0.3 is 10.6 Å². The van der Waals surface area contributed by atoms with Crippen LogP contribution in [0.5, 0.6) is 0 Å². The predicted octanol–water partition coefficient (Wildman–Crippen LogP) is 1.72. The second kappa shape index (κ2) is 6.00. The van der Waals surface area contributed by atoms with Crippen molar-refractivity contribution in [2.45, 2.75) is 19.5 Å². The zero-order valence-electron chi connectivity index (χ0n) is 12.1. The van der Waals surface area contributed by atoms with Gasteiger partial charge in [-0.05, 0) is 24.1 Å². The minimum absolute atomic E-state index is 0.0512. The highest BCUT2D eigenvalue weighted by Crippen LogP contribution is 2.31. The van der Waals surface area contributed by atoms with Crippen molar-refractivity contribution in [3.63, 3.8) is 0 Å². The first kappa shape index (κ1) is 15.5. The van der Waals surface area contributed by atoms with E-state index in [4.69, 9.17) is 17.3 Å². The number of carbonyl (C=O) groups excluding carboxylic acids is 2. The number of nitrogens with zero attached hydrogens (tertiary/aromatic N) is 3. The third kappa shape index (κ3) is 2.79. The number of fused-ring (bicyclic) bond motifs is 1. The Kier molecular flexibility index (Phi) is 4.04. The normalized spacial score (nSPS) is 17.7. The Hall–Kier alpha value is -2.41. The largest absolute Gasteiger partial charge is 0.365 e. The molecule has 0 saturated carbocycles. The topological polar surface area (TPSA) is 81.2 Å². The van der Waals surface area contributed by atoms with E-state index in [0.29, 0.717) is 36.5 Å². The number of aromatic nitrogens is 2. The molecule has 3 rings (SSSR count). The van der Waals surface area contributed by atoms with E-state index in [2.05, 4.69) is 5.10 Å². The van der Waals surface area contributed by atoms with Crippen LogP contribution in [0.25, 0.3) is 5.57 Å². The van der Waals surface area contributed by atoms with E-state index in [9.17, 15) is 14.0 Å². The number of primary amides is 1. The molecule has 0 radical (unpaired) electrons. The highest BCUT2D eigenvalue weighted by Gasteiger charge is 2.28. The Morgan fingerprint density at radius 3 is 2.91 bits per heavy atom. The average molecular weight is 337 g/mol. The van der Waals surface area contributed by atoms with Crippen molar-refractivity contribution < 1.29 is 14.0 Å². The van der Waals surface area contributed by atoms with Crippen LogP contribution < -0.4 is 5.73 Å². The first-order valence-electron chi connectivity index (χ1n) is 7.03. The van der Waals surface area contributed by atoms with Gasteiger partial charge in [0.25, 0.3) is 5.91 Å². The third-order valence-electron chi connectivity index (χ3n) is 3.84. The van der Waals surface area contributed by atoms with E-state index in [0.717, 1.165) is 6.41 Å². The molecule has 1 aromatic heterocycles. The molecule has 2 amide bonds. The van der Waals surface area contributed by atoms with Crippen LogP contribution >= 0.6 is 11.6 Å². The van der Waals surface area contributed by atoms with Gasteiger partial charge in [0, 0.05) is 6.54 Å². The van der Waals surface area contributed by atoms with Crippen LogP contribution in [0.1, 0.15) is 28.2 Å². The SMILES string of the molecule is NC(=O)c1c(C2=CC(Cl)=C(F)C=CC2)nn2c1CN(C=O)CC2. The van der Waals surface area contributed by atoms with Gasteiger partial charge in [-0.25, -0.2) is 4.39 Å². The molecule has 0 spiro atoms. The molecule has 1 aromatic rings. The number of hydrogen-bond donors (Lipinski definition) is 1. The van der Waals surface area contributed by atoms with Gasteiger partial charge in [0.05, 0.1) is 29.4 Å². The molecule has 1 aliphatic heterocycles. The summed E-state index contributed by atoms with van der Waals surface area (Å²) in [6.07, 6.45) is 5.44. The molecule has 0 bridgehead atoms. The summed E-state index contributed by atoms with van der Waals surface area (Å²) in [5.74, 6) is -1.18. The molecule has 0 atom stereocenters. The van der Waals surface area contributed by atoms with Crippen molar-refractivity contribution in [1.29, 1.82) is 0 Å². The molecule has 0 unspecified atom stereocenters. The Morgan fingerprint density at radius 2 is 2.22 bits per heavy atom. The van der Waals surface area contributed by atoms with Crippen LogP contribution in [-0.2, 0) is 17.9 Å². The van der Waals surface area contributed by atoms with Gasteiger partial charge in [-0.2, -0.15) is 5.10 Å². The van der Waals surface area contributed by atoms with Crippen molar-refractivity contribution in [3.8, 4) is 0 Å². The Labute approximate surface area is 136 Å². The maximum atomic E-state index is 13.6. The lowest BCUT2D eigenvalue weighted by Gasteiger charge is -2.24. The van der Waals surface area contributed by atoms with Crippen LogP contribution in [0.4, 0.5) is 4.39 Å². The Bertz CT molecular complexity index is 779. The molecule has 8 heteroatoms. The summed E-state index contributed by atoms with van der Waals surface area (Å²) < 4.78 is 15.2. The molecular weight excluding hydrogens is 323 g/mol. The third-order valence-corrected chi connectivity index (χ3v) is 4.13. The number of halogens is 2.